The lowest BCUT2D eigenvalue weighted by Crippen LogP contribution is -2.00. The molecule has 9 heavy (non-hydrogen) atoms. The fourth-order valence-corrected chi connectivity index (χ4v) is 0.822. The Hall–Kier alpha value is -0.630. The van der Waals surface area contributed by atoms with Gasteiger partial charge in [0.05, 0.1) is 6.61 Å². The molecule has 1 rings (SSSR count). The highest BCUT2D eigenvalue weighted by Gasteiger charge is 1.94. The van der Waals surface area contributed by atoms with E-state index in [0.29, 0.717) is 6.61 Å². The van der Waals surface area contributed by atoms with Crippen molar-refractivity contribution in [2.45, 2.75) is 6.42 Å². The molecule has 1 aliphatic heterocycles. The molecule has 0 saturated heterocycles. The topological polar surface area (TPSA) is 21.6 Å². The molecule has 0 aromatic rings. The van der Waals surface area contributed by atoms with E-state index in [2.05, 4.69) is 11.1 Å². The van der Waals surface area contributed by atoms with Crippen molar-refractivity contribution < 1.29 is 4.74 Å². The first-order valence-electron chi connectivity index (χ1n) is 3.11. The Morgan fingerprint density at radius 1 is 1.78 bits per heavy atom. The normalized spacial score (nSPS) is 17.7. The van der Waals surface area contributed by atoms with E-state index in [4.69, 9.17) is 4.74 Å². The summed E-state index contributed by atoms with van der Waals surface area (Å²) in [6, 6.07) is 0. The number of ether oxygens (including phenoxy) is 1. The molecule has 0 N–H and O–H groups in total. The van der Waals surface area contributed by atoms with Gasteiger partial charge < -0.3 is 4.74 Å². The lowest BCUT2D eigenvalue weighted by molar-refractivity contribution is 0.229. The lowest BCUT2D eigenvalue weighted by atomic mass is 10.2. The zero-order valence-corrected chi connectivity index (χ0v) is 5.63. The number of hydrogen-bond acceptors (Lipinski definition) is 2. The fraction of sp³-hybridized carbons (Fsp3) is 0.571. The van der Waals surface area contributed by atoms with Gasteiger partial charge in [0.15, 0.2) is 0 Å². The third-order valence-corrected chi connectivity index (χ3v) is 1.23. The minimum atomic E-state index is 0.698. The highest BCUT2D eigenvalue weighted by atomic mass is 16.5. The predicted molar refractivity (Wildman–Crippen MR) is 37.9 cm³/mol. The van der Waals surface area contributed by atoms with E-state index in [-0.39, 0.29) is 0 Å². The van der Waals surface area contributed by atoms with Crippen molar-refractivity contribution >= 4 is 6.21 Å². The van der Waals surface area contributed by atoms with Crippen LogP contribution in [0, 0.1) is 0 Å². The van der Waals surface area contributed by atoms with Crippen LogP contribution in [0.1, 0.15) is 6.42 Å². The molecule has 0 saturated carbocycles. The molecular weight excluding hydrogens is 114 g/mol. The van der Waals surface area contributed by atoms with Crippen LogP contribution in [-0.4, -0.2) is 26.5 Å². The molecule has 0 amide bonds. The predicted octanol–water partition coefficient (Wildman–Crippen LogP) is 1.03. The van der Waals surface area contributed by atoms with E-state index in [0.717, 1.165) is 13.0 Å². The number of methoxy groups -OCH3 is 1. The second-order valence-corrected chi connectivity index (χ2v) is 2.04. The summed E-state index contributed by atoms with van der Waals surface area (Å²) in [4.78, 5) is 4.10. The molecule has 0 aliphatic carbocycles. The van der Waals surface area contributed by atoms with Gasteiger partial charge in [-0.3, -0.25) is 4.99 Å². The van der Waals surface area contributed by atoms with Crippen LogP contribution in [0.2, 0.25) is 0 Å². The van der Waals surface area contributed by atoms with Crippen LogP contribution in [-0.2, 0) is 4.74 Å². The van der Waals surface area contributed by atoms with E-state index >= 15 is 0 Å². The van der Waals surface area contributed by atoms with E-state index in [1.165, 1.54) is 5.57 Å². The molecule has 50 valence electrons. The van der Waals surface area contributed by atoms with E-state index in [1.807, 2.05) is 6.21 Å². The highest BCUT2D eigenvalue weighted by Crippen LogP contribution is 1.99. The third-order valence-electron chi connectivity index (χ3n) is 1.23. The highest BCUT2D eigenvalue weighted by molar-refractivity contribution is 5.79. The Bertz CT molecular complexity index is 138. The second-order valence-electron chi connectivity index (χ2n) is 2.04. The van der Waals surface area contributed by atoms with Crippen LogP contribution >= 0.6 is 0 Å². The Morgan fingerprint density at radius 2 is 2.67 bits per heavy atom. The maximum absolute atomic E-state index is 4.92. The molecule has 0 radical (unpaired) electrons. The summed E-state index contributed by atoms with van der Waals surface area (Å²) in [7, 11) is 1.70. The van der Waals surface area contributed by atoms with Gasteiger partial charge >= 0.3 is 0 Å². The van der Waals surface area contributed by atoms with Gasteiger partial charge in [0.2, 0.25) is 0 Å². The van der Waals surface area contributed by atoms with Crippen molar-refractivity contribution in [3.63, 3.8) is 0 Å². The Labute approximate surface area is 55.2 Å². The SMILES string of the molecule is COCC1=CCCN=C1. The van der Waals surface area contributed by atoms with Gasteiger partial charge in [-0.2, -0.15) is 0 Å². The van der Waals surface area contributed by atoms with Crippen molar-refractivity contribution in [2.75, 3.05) is 20.3 Å². The van der Waals surface area contributed by atoms with E-state index < -0.39 is 0 Å². The van der Waals surface area contributed by atoms with E-state index in [1.54, 1.807) is 7.11 Å². The Morgan fingerprint density at radius 3 is 3.22 bits per heavy atom. The second kappa shape index (κ2) is 3.41. The van der Waals surface area contributed by atoms with Gasteiger partial charge in [-0.05, 0) is 12.0 Å². The molecule has 1 heterocycles. The smallest absolute Gasteiger partial charge is 0.0724 e. The molecule has 0 bridgehead atoms. The average molecular weight is 125 g/mol. The van der Waals surface area contributed by atoms with Gasteiger partial charge in [-0.1, -0.05) is 6.08 Å². The summed E-state index contributed by atoms with van der Waals surface area (Å²) in [6.45, 7) is 1.64. The monoisotopic (exact) mass is 125 g/mol. The molecule has 1 aliphatic rings. The fourth-order valence-electron chi connectivity index (χ4n) is 0.822. The van der Waals surface area contributed by atoms with Crippen LogP contribution in [0.5, 0.6) is 0 Å². The lowest BCUT2D eigenvalue weighted by Gasteiger charge is -2.03. The van der Waals surface area contributed by atoms with Crippen LogP contribution in [0.4, 0.5) is 0 Å². The zero-order valence-electron chi connectivity index (χ0n) is 5.63. The third kappa shape index (κ3) is 1.98. The average Bonchev–Trinajstić information content (AvgIpc) is 1.91. The Balaban J connectivity index is 2.38. The van der Waals surface area contributed by atoms with Crippen LogP contribution in [0.25, 0.3) is 0 Å². The van der Waals surface area contributed by atoms with Crippen LogP contribution in [0.3, 0.4) is 0 Å². The van der Waals surface area contributed by atoms with Gasteiger partial charge in [0, 0.05) is 19.9 Å². The number of nitrogens with zero attached hydrogens (tertiary/aromatic N) is 1. The summed E-state index contributed by atoms with van der Waals surface area (Å²) in [5.74, 6) is 0. The largest absolute Gasteiger partial charge is 0.380 e. The molecule has 0 aromatic carbocycles. The quantitative estimate of drug-likeness (QED) is 0.540. The van der Waals surface area contributed by atoms with Crippen molar-refractivity contribution in [3.8, 4) is 0 Å². The van der Waals surface area contributed by atoms with Crippen molar-refractivity contribution in [1.82, 2.24) is 0 Å². The number of hydrogen-bond donors (Lipinski definition) is 0. The van der Waals surface area contributed by atoms with Crippen molar-refractivity contribution in [2.24, 2.45) is 4.99 Å². The minimum Gasteiger partial charge on any atom is -0.380 e. The van der Waals surface area contributed by atoms with Gasteiger partial charge in [0.1, 0.15) is 0 Å². The molecule has 2 heteroatoms. The number of aliphatic imine (C=N–C) groups is 1. The van der Waals surface area contributed by atoms with Gasteiger partial charge in [0.25, 0.3) is 0 Å². The van der Waals surface area contributed by atoms with Gasteiger partial charge in [-0.25, -0.2) is 0 Å². The molecular formula is C7H11NO. The van der Waals surface area contributed by atoms with Crippen molar-refractivity contribution in [1.29, 1.82) is 0 Å². The summed E-state index contributed by atoms with van der Waals surface area (Å²) >= 11 is 0. The molecule has 0 fully saturated rings. The first kappa shape index (κ1) is 6.49. The summed E-state index contributed by atoms with van der Waals surface area (Å²) in [5.41, 5.74) is 1.20. The van der Waals surface area contributed by atoms with Gasteiger partial charge in [-0.15, -0.1) is 0 Å². The molecule has 0 spiro atoms. The van der Waals surface area contributed by atoms with Crippen LogP contribution in [0.15, 0.2) is 16.6 Å². The summed E-state index contributed by atoms with van der Waals surface area (Å²) in [6.07, 6.45) is 5.11. The first-order chi connectivity index (χ1) is 4.43. The molecule has 0 unspecified atom stereocenters. The molecule has 2 nitrogen and oxygen atoms in total. The van der Waals surface area contributed by atoms with Crippen molar-refractivity contribution in [3.05, 3.63) is 11.6 Å². The van der Waals surface area contributed by atoms with Crippen LogP contribution < -0.4 is 0 Å². The zero-order chi connectivity index (χ0) is 6.53. The first-order valence-corrected chi connectivity index (χ1v) is 3.11. The maximum atomic E-state index is 4.92. The summed E-state index contributed by atoms with van der Waals surface area (Å²) < 4.78 is 4.92. The molecule has 0 atom stereocenters. The Kier molecular flexibility index (Phi) is 2.46. The maximum Gasteiger partial charge on any atom is 0.0724 e. The standard InChI is InChI=1S/C7H11NO/c1-9-6-7-3-2-4-8-5-7/h3,5H,2,4,6H2,1H3. The number of rotatable bonds is 2. The van der Waals surface area contributed by atoms with E-state index in [9.17, 15) is 0 Å². The number of dihydropyridines is 1. The molecule has 0 aromatic heterocycles. The minimum absolute atomic E-state index is 0.698. The summed E-state index contributed by atoms with van der Waals surface area (Å²) in [5, 5.41) is 0.